The number of pyridine rings is 1. The number of rotatable bonds is 6. The highest BCUT2D eigenvalue weighted by Crippen LogP contribution is 2.35. The van der Waals surface area contributed by atoms with Crippen molar-refractivity contribution in [2.45, 2.75) is 31.6 Å². The molecule has 0 atom stereocenters. The van der Waals surface area contributed by atoms with Crippen molar-refractivity contribution in [2.75, 3.05) is 19.7 Å². The van der Waals surface area contributed by atoms with Crippen molar-refractivity contribution in [1.29, 1.82) is 0 Å². The average molecular weight is 393 g/mol. The minimum absolute atomic E-state index is 0.00561. The molecule has 150 valence electrons. The van der Waals surface area contributed by atoms with Gasteiger partial charge in [0, 0.05) is 31.9 Å². The molecule has 2 heterocycles. The molecule has 0 radical (unpaired) electrons. The summed E-state index contributed by atoms with van der Waals surface area (Å²) in [7, 11) is 0. The van der Waals surface area contributed by atoms with Gasteiger partial charge in [-0.2, -0.15) is 13.2 Å². The Morgan fingerprint density at radius 3 is 2.54 bits per heavy atom. The number of nitrogens with one attached hydrogen (secondary N) is 1. The number of hydrogen-bond donors (Lipinski definition) is 1. The van der Waals surface area contributed by atoms with Gasteiger partial charge in [-0.3, -0.25) is 14.7 Å². The van der Waals surface area contributed by atoms with Crippen LogP contribution in [0.15, 0.2) is 48.7 Å². The maximum atomic E-state index is 12.9. The van der Waals surface area contributed by atoms with Gasteiger partial charge in [0.15, 0.2) is 6.61 Å². The standard InChI is InChI=1S/C20H22F3N3O2/c21-20(22,23)17-6-1-2-7-18(17)28-14-19(27)25-15-8-11-26(12-9-15)13-16-5-3-4-10-24-16/h1-7,10,15H,8-9,11-14H2,(H,25,27). The van der Waals surface area contributed by atoms with E-state index < -0.39 is 24.3 Å². The highest BCUT2D eigenvalue weighted by atomic mass is 19.4. The summed E-state index contributed by atoms with van der Waals surface area (Å²) >= 11 is 0. The Hall–Kier alpha value is -2.61. The van der Waals surface area contributed by atoms with Crippen LogP contribution in [-0.2, 0) is 17.5 Å². The summed E-state index contributed by atoms with van der Waals surface area (Å²) < 4.78 is 44.0. The van der Waals surface area contributed by atoms with Gasteiger partial charge in [-0.1, -0.05) is 18.2 Å². The number of aromatic nitrogens is 1. The Morgan fingerprint density at radius 1 is 1.14 bits per heavy atom. The first-order valence-electron chi connectivity index (χ1n) is 9.12. The van der Waals surface area contributed by atoms with Crippen LogP contribution in [0, 0.1) is 0 Å². The highest BCUT2D eigenvalue weighted by Gasteiger charge is 2.34. The van der Waals surface area contributed by atoms with Gasteiger partial charge in [-0.05, 0) is 37.1 Å². The maximum absolute atomic E-state index is 12.9. The molecule has 0 unspecified atom stereocenters. The third kappa shape index (κ3) is 5.69. The molecule has 1 amide bonds. The van der Waals surface area contributed by atoms with Crippen LogP contribution in [0.1, 0.15) is 24.1 Å². The summed E-state index contributed by atoms with van der Waals surface area (Å²) in [6.45, 7) is 1.96. The summed E-state index contributed by atoms with van der Waals surface area (Å²) in [5.41, 5.74) is 0.118. The molecular weight excluding hydrogens is 371 g/mol. The molecule has 0 aliphatic carbocycles. The fraction of sp³-hybridized carbons (Fsp3) is 0.400. The van der Waals surface area contributed by atoms with Crippen LogP contribution in [0.3, 0.4) is 0 Å². The van der Waals surface area contributed by atoms with Crippen LogP contribution in [0.25, 0.3) is 0 Å². The van der Waals surface area contributed by atoms with Gasteiger partial charge in [0.05, 0.1) is 11.3 Å². The molecule has 28 heavy (non-hydrogen) atoms. The van der Waals surface area contributed by atoms with Crippen LogP contribution >= 0.6 is 0 Å². The number of nitrogens with zero attached hydrogens (tertiary/aromatic N) is 2. The van der Waals surface area contributed by atoms with E-state index in [1.807, 2.05) is 18.2 Å². The number of amides is 1. The SMILES string of the molecule is O=C(COc1ccccc1C(F)(F)F)NC1CCN(Cc2ccccn2)CC1. The summed E-state index contributed by atoms with van der Waals surface area (Å²) in [5, 5.41) is 2.84. The summed E-state index contributed by atoms with van der Waals surface area (Å²) in [5.74, 6) is -0.754. The molecule has 1 aliphatic heterocycles. The smallest absolute Gasteiger partial charge is 0.419 e. The minimum Gasteiger partial charge on any atom is -0.483 e. The Labute approximate surface area is 161 Å². The molecule has 1 aromatic heterocycles. The quantitative estimate of drug-likeness (QED) is 0.819. The first-order valence-corrected chi connectivity index (χ1v) is 9.12. The van der Waals surface area contributed by atoms with Gasteiger partial charge < -0.3 is 10.1 Å². The lowest BCUT2D eigenvalue weighted by atomic mass is 10.0. The fourth-order valence-electron chi connectivity index (χ4n) is 3.20. The number of alkyl halides is 3. The number of carbonyl (C=O) groups is 1. The number of benzene rings is 1. The normalized spacial score (nSPS) is 16.0. The Bertz CT molecular complexity index is 776. The van der Waals surface area contributed by atoms with Crippen LogP contribution in [-0.4, -0.2) is 41.5 Å². The maximum Gasteiger partial charge on any atom is 0.419 e. The predicted molar refractivity (Wildman–Crippen MR) is 97.6 cm³/mol. The molecule has 1 saturated heterocycles. The van der Waals surface area contributed by atoms with Gasteiger partial charge >= 0.3 is 6.18 Å². The zero-order chi connectivity index (χ0) is 20.0. The van der Waals surface area contributed by atoms with E-state index in [1.54, 1.807) is 6.20 Å². The predicted octanol–water partition coefficient (Wildman–Crippen LogP) is 3.26. The Morgan fingerprint density at radius 2 is 1.86 bits per heavy atom. The Balaban J connectivity index is 1.43. The largest absolute Gasteiger partial charge is 0.483 e. The number of ether oxygens (including phenoxy) is 1. The first-order chi connectivity index (χ1) is 13.4. The van der Waals surface area contributed by atoms with Crippen molar-refractivity contribution < 1.29 is 22.7 Å². The van der Waals surface area contributed by atoms with Crippen LogP contribution in [0.2, 0.25) is 0 Å². The Kier molecular flexibility index (Phi) is 6.51. The van der Waals surface area contributed by atoms with Crippen molar-refractivity contribution in [3.05, 3.63) is 59.9 Å². The van der Waals surface area contributed by atoms with Crippen molar-refractivity contribution in [3.63, 3.8) is 0 Å². The molecule has 0 bridgehead atoms. The lowest BCUT2D eigenvalue weighted by Crippen LogP contribution is -2.45. The van der Waals surface area contributed by atoms with E-state index >= 15 is 0 Å². The monoisotopic (exact) mass is 393 g/mol. The van der Waals surface area contributed by atoms with E-state index in [-0.39, 0.29) is 11.8 Å². The van der Waals surface area contributed by atoms with Crippen molar-refractivity contribution in [1.82, 2.24) is 15.2 Å². The molecular formula is C20H22F3N3O2. The highest BCUT2D eigenvalue weighted by molar-refractivity contribution is 5.77. The van der Waals surface area contributed by atoms with Gasteiger partial charge in [0.2, 0.25) is 0 Å². The summed E-state index contributed by atoms with van der Waals surface area (Å²) in [6.07, 6.45) is -1.21. The molecule has 1 N–H and O–H groups in total. The number of piperidine rings is 1. The molecule has 1 aromatic carbocycles. The first kappa shape index (κ1) is 20.1. The summed E-state index contributed by atoms with van der Waals surface area (Å²) in [4.78, 5) is 18.7. The zero-order valence-electron chi connectivity index (χ0n) is 15.3. The molecule has 3 rings (SSSR count). The van der Waals surface area contributed by atoms with E-state index in [2.05, 4.69) is 15.2 Å². The van der Waals surface area contributed by atoms with E-state index in [4.69, 9.17) is 4.74 Å². The lowest BCUT2D eigenvalue weighted by Gasteiger charge is -2.32. The molecule has 5 nitrogen and oxygen atoms in total. The van der Waals surface area contributed by atoms with E-state index in [0.717, 1.165) is 44.2 Å². The molecule has 1 fully saturated rings. The molecule has 1 aliphatic rings. The van der Waals surface area contributed by atoms with Gasteiger partial charge in [-0.15, -0.1) is 0 Å². The minimum atomic E-state index is -4.52. The zero-order valence-corrected chi connectivity index (χ0v) is 15.3. The van der Waals surface area contributed by atoms with E-state index in [0.29, 0.717) is 0 Å². The van der Waals surface area contributed by atoms with Crippen LogP contribution in [0.4, 0.5) is 13.2 Å². The van der Waals surface area contributed by atoms with Gasteiger partial charge in [-0.25, -0.2) is 0 Å². The molecule has 8 heteroatoms. The lowest BCUT2D eigenvalue weighted by molar-refractivity contribution is -0.139. The number of para-hydroxylation sites is 1. The second kappa shape index (κ2) is 9.05. The number of carbonyl (C=O) groups excluding carboxylic acids is 1. The number of likely N-dealkylation sites (tertiary alicyclic amines) is 1. The van der Waals surface area contributed by atoms with Gasteiger partial charge in [0.1, 0.15) is 5.75 Å². The van der Waals surface area contributed by atoms with Crippen molar-refractivity contribution >= 4 is 5.91 Å². The second-order valence-electron chi connectivity index (χ2n) is 6.72. The van der Waals surface area contributed by atoms with Crippen molar-refractivity contribution in [3.8, 4) is 5.75 Å². The van der Waals surface area contributed by atoms with E-state index in [1.165, 1.54) is 18.2 Å². The molecule has 2 aromatic rings. The summed E-state index contributed by atoms with van der Waals surface area (Å²) in [6, 6.07) is 10.7. The van der Waals surface area contributed by atoms with Gasteiger partial charge in [0.25, 0.3) is 5.91 Å². The fourth-order valence-corrected chi connectivity index (χ4v) is 3.20. The third-order valence-electron chi connectivity index (χ3n) is 4.62. The molecule has 0 spiro atoms. The third-order valence-corrected chi connectivity index (χ3v) is 4.62. The molecule has 0 saturated carbocycles. The van der Waals surface area contributed by atoms with Crippen LogP contribution in [0.5, 0.6) is 5.75 Å². The topological polar surface area (TPSA) is 54.5 Å². The number of hydrogen-bond acceptors (Lipinski definition) is 4. The van der Waals surface area contributed by atoms with E-state index in [9.17, 15) is 18.0 Å². The average Bonchev–Trinajstić information content (AvgIpc) is 2.68. The van der Waals surface area contributed by atoms with Crippen molar-refractivity contribution in [2.24, 2.45) is 0 Å². The number of halogens is 3. The second-order valence-corrected chi connectivity index (χ2v) is 6.72. The van der Waals surface area contributed by atoms with Crippen LogP contribution < -0.4 is 10.1 Å².